The van der Waals surface area contributed by atoms with E-state index in [1.54, 1.807) is 19.4 Å². The maximum atomic E-state index is 12.8. The van der Waals surface area contributed by atoms with Gasteiger partial charge in [-0.25, -0.2) is 5.84 Å². The lowest BCUT2D eigenvalue weighted by Gasteiger charge is -2.24. The first-order valence-electron chi connectivity index (χ1n) is 8.33. The molecule has 0 aliphatic carbocycles. The quantitative estimate of drug-likeness (QED) is 0.433. The Labute approximate surface area is 153 Å². The molecule has 0 bridgehead atoms. The minimum absolute atomic E-state index is 0.246. The number of carbonyl (C=O) groups is 1. The minimum Gasteiger partial charge on any atom is -0.497 e. The molecule has 0 aliphatic heterocycles. The number of nitrogens with zero attached hydrogens (tertiary/aromatic N) is 2. The van der Waals surface area contributed by atoms with Gasteiger partial charge in [0.1, 0.15) is 5.75 Å². The summed E-state index contributed by atoms with van der Waals surface area (Å²) < 4.78 is 5.26. The number of hydrazine groups is 1. The number of hydrogen-bond donors (Lipinski definition) is 1. The zero-order chi connectivity index (χ0) is 18.5. The van der Waals surface area contributed by atoms with Gasteiger partial charge in [-0.2, -0.15) is 0 Å². The fraction of sp³-hybridized carbons (Fsp3) is 0.143. The molecule has 1 amide bonds. The molecule has 0 radical (unpaired) electrons. The Hall–Kier alpha value is -3.18. The van der Waals surface area contributed by atoms with Crippen molar-refractivity contribution in [2.75, 3.05) is 7.11 Å². The molecule has 1 aromatic heterocycles. The van der Waals surface area contributed by atoms with Crippen molar-refractivity contribution in [1.82, 2.24) is 9.99 Å². The van der Waals surface area contributed by atoms with Gasteiger partial charge in [-0.1, -0.05) is 42.5 Å². The highest BCUT2D eigenvalue weighted by atomic mass is 16.5. The molecule has 2 N–H and O–H groups in total. The molecule has 3 aromatic rings. The number of ether oxygens (including phenoxy) is 1. The van der Waals surface area contributed by atoms with Gasteiger partial charge < -0.3 is 4.74 Å². The van der Waals surface area contributed by atoms with Crippen LogP contribution in [-0.2, 0) is 0 Å². The van der Waals surface area contributed by atoms with Crippen molar-refractivity contribution in [1.29, 1.82) is 0 Å². The fourth-order valence-corrected chi connectivity index (χ4v) is 2.73. The van der Waals surface area contributed by atoms with Gasteiger partial charge in [-0.15, -0.1) is 0 Å². The topological polar surface area (TPSA) is 68.5 Å². The van der Waals surface area contributed by atoms with Crippen LogP contribution in [0, 0.1) is 0 Å². The molecule has 0 saturated heterocycles. The van der Waals surface area contributed by atoms with E-state index in [1.165, 1.54) is 11.2 Å². The highest BCUT2D eigenvalue weighted by Crippen LogP contribution is 2.25. The van der Waals surface area contributed by atoms with Gasteiger partial charge in [0.15, 0.2) is 0 Å². The Kier molecular flexibility index (Phi) is 5.29. The minimum atomic E-state index is -0.279. The molecule has 26 heavy (non-hydrogen) atoms. The van der Waals surface area contributed by atoms with Gasteiger partial charge in [0, 0.05) is 18.0 Å². The molecule has 1 heterocycles. The lowest BCUT2D eigenvalue weighted by Crippen LogP contribution is -2.39. The van der Waals surface area contributed by atoms with E-state index in [-0.39, 0.29) is 11.9 Å². The highest BCUT2D eigenvalue weighted by molar-refractivity contribution is 5.95. The van der Waals surface area contributed by atoms with Crippen LogP contribution in [0.4, 0.5) is 0 Å². The standard InChI is InChI=1S/C21H21N3O2/c1-15(16-7-4-3-5-8-16)24(22)21(25)19-11-18(13-23-14-19)17-9-6-10-20(12-17)26-2/h3-15H,22H2,1-2H3/t15-/m1/s1. The third-order valence-corrected chi connectivity index (χ3v) is 4.32. The maximum absolute atomic E-state index is 12.8. The van der Waals surface area contributed by atoms with Crippen LogP contribution in [0.15, 0.2) is 73.1 Å². The van der Waals surface area contributed by atoms with E-state index in [0.717, 1.165) is 22.4 Å². The summed E-state index contributed by atoms with van der Waals surface area (Å²) in [6, 6.07) is 18.8. The van der Waals surface area contributed by atoms with Crippen LogP contribution in [0.1, 0.15) is 28.9 Å². The van der Waals surface area contributed by atoms with Gasteiger partial charge in [0.2, 0.25) is 0 Å². The number of aromatic nitrogens is 1. The van der Waals surface area contributed by atoms with Gasteiger partial charge in [-0.05, 0) is 36.2 Å². The number of benzene rings is 2. The third-order valence-electron chi connectivity index (χ3n) is 4.32. The summed E-state index contributed by atoms with van der Waals surface area (Å²) in [7, 11) is 1.62. The zero-order valence-corrected chi connectivity index (χ0v) is 14.8. The molecule has 0 saturated carbocycles. The zero-order valence-electron chi connectivity index (χ0n) is 14.8. The van der Waals surface area contributed by atoms with Crippen LogP contribution >= 0.6 is 0 Å². The Morgan fingerprint density at radius 3 is 2.54 bits per heavy atom. The molecule has 2 aromatic carbocycles. The monoisotopic (exact) mass is 347 g/mol. The van der Waals surface area contributed by atoms with Crippen molar-refractivity contribution in [3.05, 3.63) is 84.2 Å². The molecule has 3 rings (SSSR count). The molecule has 1 atom stereocenters. The Morgan fingerprint density at radius 2 is 1.81 bits per heavy atom. The number of carbonyl (C=O) groups excluding carboxylic acids is 1. The van der Waals surface area contributed by atoms with E-state index in [2.05, 4.69) is 4.98 Å². The second-order valence-electron chi connectivity index (χ2n) is 5.99. The largest absolute Gasteiger partial charge is 0.497 e. The molecule has 0 spiro atoms. The van der Waals surface area contributed by atoms with Crippen LogP contribution in [0.2, 0.25) is 0 Å². The van der Waals surface area contributed by atoms with Crippen LogP contribution < -0.4 is 10.6 Å². The van der Waals surface area contributed by atoms with Crippen LogP contribution in [0.5, 0.6) is 5.75 Å². The molecule has 5 heteroatoms. The SMILES string of the molecule is COc1cccc(-c2cncc(C(=O)N(N)[C@H](C)c3ccccc3)c2)c1. The van der Waals surface area contributed by atoms with Crippen molar-refractivity contribution in [3.63, 3.8) is 0 Å². The third kappa shape index (κ3) is 3.73. The smallest absolute Gasteiger partial charge is 0.269 e. The predicted molar refractivity (Wildman–Crippen MR) is 101 cm³/mol. The van der Waals surface area contributed by atoms with Crippen molar-refractivity contribution >= 4 is 5.91 Å². The summed E-state index contributed by atoms with van der Waals surface area (Å²) in [5.74, 6) is 6.56. The lowest BCUT2D eigenvalue weighted by atomic mass is 10.0. The van der Waals surface area contributed by atoms with E-state index < -0.39 is 0 Å². The second-order valence-corrected chi connectivity index (χ2v) is 5.99. The molecule has 132 valence electrons. The molecule has 5 nitrogen and oxygen atoms in total. The number of rotatable bonds is 5. The Morgan fingerprint density at radius 1 is 1.04 bits per heavy atom. The van der Waals surface area contributed by atoms with E-state index in [9.17, 15) is 4.79 Å². The summed E-state index contributed by atoms with van der Waals surface area (Å²) in [6.07, 6.45) is 3.25. The van der Waals surface area contributed by atoms with Crippen molar-refractivity contribution in [2.45, 2.75) is 13.0 Å². The van der Waals surface area contributed by atoms with Crippen molar-refractivity contribution < 1.29 is 9.53 Å². The number of pyridine rings is 1. The van der Waals surface area contributed by atoms with Crippen molar-refractivity contribution in [2.24, 2.45) is 5.84 Å². The molecule has 0 fully saturated rings. The summed E-state index contributed by atoms with van der Waals surface area (Å²) in [4.78, 5) is 17.0. The Bertz CT molecular complexity index is 897. The van der Waals surface area contributed by atoms with Gasteiger partial charge in [0.05, 0.1) is 18.7 Å². The average Bonchev–Trinajstić information content (AvgIpc) is 2.73. The Balaban J connectivity index is 1.86. The van der Waals surface area contributed by atoms with Crippen molar-refractivity contribution in [3.8, 4) is 16.9 Å². The lowest BCUT2D eigenvalue weighted by molar-refractivity contribution is 0.0690. The normalized spacial score (nSPS) is 11.7. The summed E-state index contributed by atoms with van der Waals surface area (Å²) in [5, 5.41) is 1.24. The molecule has 0 unspecified atom stereocenters. The van der Waals surface area contributed by atoms with Crippen LogP contribution in [0.25, 0.3) is 11.1 Å². The second kappa shape index (κ2) is 7.80. The number of hydrogen-bond acceptors (Lipinski definition) is 4. The van der Waals surface area contributed by atoms with Crippen LogP contribution in [-0.4, -0.2) is 23.0 Å². The highest BCUT2D eigenvalue weighted by Gasteiger charge is 2.20. The summed E-state index contributed by atoms with van der Waals surface area (Å²) in [5.41, 5.74) is 3.16. The molecule has 0 aliphatic rings. The fourth-order valence-electron chi connectivity index (χ4n) is 2.73. The van der Waals surface area contributed by atoms with Crippen LogP contribution in [0.3, 0.4) is 0 Å². The molecular formula is C21H21N3O2. The van der Waals surface area contributed by atoms with Gasteiger partial charge in [-0.3, -0.25) is 14.8 Å². The van der Waals surface area contributed by atoms with Gasteiger partial charge >= 0.3 is 0 Å². The number of amides is 1. The molecular weight excluding hydrogens is 326 g/mol. The van der Waals surface area contributed by atoms with Gasteiger partial charge in [0.25, 0.3) is 5.91 Å². The van der Waals surface area contributed by atoms with E-state index in [4.69, 9.17) is 10.6 Å². The first-order chi connectivity index (χ1) is 12.6. The summed E-state index contributed by atoms with van der Waals surface area (Å²) >= 11 is 0. The van der Waals surface area contributed by atoms with E-state index >= 15 is 0 Å². The summed E-state index contributed by atoms with van der Waals surface area (Å²) in [6.45, 7) is 1.90. The van der Waals surface area contributed by atoms with E-state index in [0.29, 0.717) is 5.56 Å². The predicted octanol–water partition coefficient (Wildman–Crippen LogP) is 3.83. The number of nitrogens with two attached hydrogens (primary N) is 1. The number of methoxy groups -OCH3 is 1. The first kappa shape index (κ1) is 17.6. The maximum Gasteiger partial charge on any atom is 0.269 e. The first-order valence-corrected chi connectivity index (χ1v) is 8.33. The van der Waals surface area contributed by atoms with E-state index in [1.807, 2.05) is 61.5 Å². The average molecular weight is 347 g/mol.